The van der Waals surface area contributed by atoms with Crippen molar-refractivity contribution in [1.82, 2.24) is 9.62 Å². The maximum atomic E-state index is 13.3. The normalized spacial score (nSPS) is 26.6. The summed E-state index contributed by atoms with van der Waals surface area (Å²) in [5.74, 6) is 0.419. The lowest BCUT2D eigenvalue weighted by Crippen LogP contribution is -2.41. The first-order chi connectivity index (χ1) is 11.4. The van der Waals surface area contributed by atoms with E-state index in [1.54, 1.807) is 29.7 Å². The van der Waals surface area contributed by atoms with E-state index in [2.05, 4.69) is 16.9 Å². The summed E-state index contributed by atoms with van der Waals surface area (Å²) < 4.78 is 28.2. The second-order valence-corrected chi connectivity index (χ2v) is 8.55. The highest BCUT2D eigenvalue weighted by Gasteiger charge is 2.40. The fourth-order valence-electron chi connectivity index (χ4n) is 3.84. The van der Waals surface area contributed by atoms with Crippen LogP contribution in [-0.4, -0.2) is 51.7 Å². The first-order valence-corrected chi connectivity index (χ1v) is 9.83. The number of rotatable bonds is 3. The summed E-state index contributed by atoms with van der Waals surface area (Å²) in [7, 11) is -1.86. The maximum Gasteiger partial charge on any atom is 0.243 e. The fraction of sp³-hybridized carbons (Fsp3) is 0.500. The quantitative estimate of drug-likeness (QED) is 0.802. The fourth-order valence-corrected chi connectivity index (χ4v) is 5.66. The minimum absolute atomic E-state index is 0.280. The highest BCUT2D eigenvalue weighted by atomic mass is 32.2. The molecule has 0 unspecified atom stereocenters. The zero-order valence-corrected chi connectivity index (χ0v) is 15.1. The average Bonchev–Trinajstić information content (AvgIpc) is 2.99. The second kappa shape index (κ2) is 6.78. The number of aliphatic imine (C=N–C) groups is 1. The summed E-state index contributed by atoms with van der Waals surface area (Å²) >= 11 is 0. The number of benzene rings is 1. The van der Waals surface area contributed by atoms with Gasteiger partial charge in [-0.1, -0.05) is 18.7 Å². The van der Waals surface area contributed by atoms with E-state index in [0.29, 0.717) is 34.3 Å². The summed E-state index contributed by atoms with van der Waals surface area (Å²) in [5, 5.41) is 4.84. The predicted octanol–water partition coefficient (Wildman–Crippen LogP) is 0.341. The van der Waals surface area contributed by atoms with Crippen LogP contribution in [0.5, 0.6) is 0 Å². The Morgan fingerprint density at radius 2 is 2.21 bits per heavy atom. The molecule has 5 nitrogen and oxygen atoms in total. The molecule has 0 saturated carbocycles. The predicted molar refractivity (Wildman–Crippen MR) is 98.0 cm³/mol. The molecule has 3 rings (SSSR count). The number of hydrogen-bond donors (Lipinski definition) is 1. The van der Waals surface area contributed by atoms with E-state index in [-0.39, 0.29) is 6.04 Å². The van der Waals surface area contributed by atoms with Gasteiger partial charge in [-0.2, -0.15) is 4.31 Å². The molecule has 1 aromatic carbocycles. The molecule has 0 bridgehead atoms. The molecular weight excluding hydrogens is 322 g/mol. The Labute approximate surface area is 143 Å². The van der Waals surface area contributed by atoms with Gasteiger partial charge in [0.25, 0.3) is 0 Å². The van der Waals surface area contributed by atoms with Crippen LogP contribution >= 0.6 is 0 Å². The third-order valence-electron chi connectivity index (χ3n) is 5.01. The minimum atomic E-state index is -3.54. The largest absolute Gasteiger partial charge is 0.312 e. The number of sulfonamides is 1. The molecule has 2 aliphatic heterocycles. The first kappa shape index (κ1) is 17.3. The lowest BCUT2D eigenvalue weighted by molar-refractivity contribution is 0.339. The zero-order valence-electron chi connectivity index (χ0n) is 14.3. The van der Waals surface area contributed by atoms with Crippen molar-refractivity contribution < 1.29 is 8.42 Å². The number of piperidine rings is 1. The van der Waals surface area contributed by atoms with Gasteiger partial charge in [0.2, 0.25) is 10.0 Å². The van der Waals surface area contributed by atoms with E-state index >= 15 is 0 Å². The van der Waals surface area contributed by atoms with Crippen LogP contribution in [0.25, 0.3) is 12.2 Å². The molecule has 2 fully saturated rings. The van der Waals surface area contributed by atoms with Crippen molar-refractivity contribution in [2.45, 2.75) is 30.7 Å². The summed E-state index contributed by atoms with van der Waals surface area (Å²) in [6.45, 7) is 8.03. The molecule has 1 aromatic rings. The highest BCUT2D eigenvalue weighted by molar-refractivity contribution is 7.89. The van der Waals surface area contributed by atoms with Crippen LogP contribution in [0, 0.1) is 5.92 Å². The van der Waals surface area contributed by atoms with Crippen LogP contribution in [0.15, 0.2) is 28.1 Å². The molecule has 24 heavy (non-hydrogen) atoms. The van der Waals surface area contributed by atoms with Gasteiger partial charge in [0.15, 0.2) is 0 Å². The lowest BCUT2D eigenvalue weighted by atomic mass is 9.94. The Bertz CT molecular complexity index is 847. The van der Waals surface area contributed by atoms with Gasteiger partial charge in [-0.25, -0.2) is 8.42 Å². The monoisotopic (exact) mass is 347 g/mol. The van der Waals surface area contributed by atoms with Crippen LogP contribution in [0.3, 0.4) is 0 Å². The van der Waals surface area contributed by atoms with Crippen LogP contribution in [-0.2, 0) is 10.0 Å². The molecule has 0 radical (unpaired) electrons. The molecule has 1 N–H and O–H groups in total. The van der Waals surface area contributed by atoms with Gasteiger partial charge in [0.05, 0.1) is 4.90 Å². The average molecular weight is 347 g/mol. The molecule has 2 saturated heterocycles. The molecule has 130 valence electrons. The maximum absolute atomic E-state index is 13.3. The molecular formula is C18H25N3O2S. The molecule has 2 atom stereocenters. The lowest BCUT2D eigenvalue weighted by Gasteiger charge is -2.24. The van der Waals surface area contributed by atoms with Gasteiger partial charge >= 0.3 is 0 Å². The molecule has 0 aliphatic carbocycles. The Hall–Kier alpha value is -1.50. The topological polar surface area (TPSA) is 61.8 Å². The summed E-state index contributed by atoms with van der Waals surface area (Å²) in [4.78, 5) is 4.36. The SMILES string of the molecule is C=c1cccc(S(=O)(=O)N2C[C@H]3CCCN[C@H]3C2)/c1=C(C)/C=N\C. The van der Waals surface area contributed by atoms with Crippen molar-refractivity contribution in [2.24, 2.45) is 10.9 Å². The van der Waals surface area contributed by atoms with Gasteiger partial charge in [0.1, 0.15) is 0 Å². The van der Waals surface area contributed by atoms with E-state index in [9.17, 15) is 8.42 Å². The van der Waals surface area contributed by atoms with E-state index in [1.165, 1.54) is 0 Å². The number of nitrogens with zero attached hydrogens (tertiary/aromatic N) is 2. The van der Waals surface area contributed by atoms with Crippen molar-refractivity contribution in [1.29, 1.82) is 0 Å². The van der Waals surface area contributed by atoms with Crippen molar-refractivity contribution >= 4 is 28.4 Å². The first-order valence-electron chi connectivity index (χ1n) is 8.39. The summed E-state index contributed by atoms with van der Waals surface area (Å²) in [6.07, 6.45) is 3.91. The molecule has 2 aliphatic rings. The zero-order chi connectivity index (χ0) is 17.3. The Kier molecular flexibility index (Phi) is 4.90. The van der Waals surface area contributed by atoms with Crippen molar-refractivity contribution in [3.05, 3.63) is 28.6 Å². The van der Waals surface area contributed by atoms with Gasteiger partial charge in [0, 0.05) is 37.6 Å². The number of hydrogen-bond acceptors (Lipinski definition) is 4. The van der Waals surface area contributed by atoms with Crippen molar-refractivity contribution in [3.63, 3.8) is 0 Å². The summed E-state index contributed by atoms with van der Waals surface area (Å²) in [5.41, 5.74) is 0.816. The van der Waals surface area contributed by atoms with E-state index in [0.717, 1.165) is 25.0 Å². The van der Waals surface area contributed by atoms with E-state index in [1.807, 2.05) is 13.0 Å². The van der Waals surface area contributed by atoms with Crippen LogP contribution in [0.4, 0.5) is 0 Å². The molecule has 0 amide bonds. The molecule has 2 heterocycles. The minimum Gasteiger partial charge on any atom is -0.312 e. The Morgan fingerprint density at radius 3 is 2.92 bits per heavy atom. The van der Waals surface area contributed by atoms with Crippen LogP contribution in [0.2, 0.25) is 0 Å². The Morgan fingerprint density at radius 1 is 1.42 bits per heavy atom. The van der Waals surface area contributed by atoms with Gasteiger partial charge in [-0.05, 0) is 49.1 Å². The third kappa shape index (κ3) is 3.06. The van der Waals surface area contributed by atoms with Crippen LogP contribution < -0.4 is 15.8 Å². The highest BCUT2D eigenvalue weighted by Crippen LogP contribution is 2.28. The molecule has 0 aromatic heterocycles. The summed E-state index contributed by atoms with van der Waals surface area (Å²) in [6, 6.07) is 5.56. The van der Waals surface area contributed by atoms with Crippen LogP contribution in [0.1, 0.15) is 19.8 Å². The third-order valence-corrected chi connectivity index (χ3v) is 6.89. The van der Waals surface area contributed by atoms with Crippen molar-refractivity contribution in [2.75, 3.05) is 26.7 Å². The Balaban J connectivity index is 2.07. The van der Waals surface area contributed by atoms with Gasteiger partial charge < -0.3 is 5.32 Å². The van der Waals surface area contributed by atoms with E-state index in [4.69, 9.17) is 0 Å². The molecule has 6 heteroatoms. The van der Waals surface area contributed by atoms with Crippen molar-refractivity contribution in [3.8, 4) is 0 Å². The number of fused-ring (bicyclic) bond motifs is 1. The van der Waals surface area contributed by atoms with Gasteiger partial charge in [-0.15, -0.1) is 0 Å². The standard InChI is InChI=1S/C18H25N3O2S/c1-13-6-4-8-17(18(13)14(2)10-19-3)24(22,23)21-11-15-7-5-9-20-16(15)12-21/h4,6,8,10,15-16,20H,1,5,7,9,11-12H2,2-3H3/b18-14+,19-10-/t15-,16+/m1/s1. The second-order valence-electron chi connectivity index (χ2n) is 6.65. The smallest absolute Gasteiger partial charge is 0.243 e. The number of nitrogens with one attached hydrogen (secondary N) is 1. The van der Waals surface area contributed by atoms with Gasteiger partial charge in [-0.3, -0.25) is 4.99 Å². The molecule has 0 spiro atoms. The van der Waals surface area contributed by atoms with E-state index < -0.39 is 10.0 Å².